The van der Waals surface area contributed by atoms with Gasteiger partial charge < -0.3 is 5.32 Å². The van der Waals surface area contributed by atoms with Crippen molar-refractivity contribution in [3.8, 4) is 0 Å². The van der Waals surface area contributed by atoms with Crippen LogP contribution in [0.1, 0.15) is 46.0 Å². The van der Waals surface area contributed by atoms with Gasteiger partial charge in [-0.15, -0.1) is 11.3 Å². The molecule has 1 amide bonds. The van der Waals surface area contributed by atoms with Crippen molar-refractivity contribution < 1.29 is 4.79 Å². The summed E-state index contributed by atoms with van der Waals surface area (Å²) in [6.07, 6.45) is 4.19. The summed E-state index contributed by atoms with van der Waals surface area (Å²) in [5.74, 6) is 0.437. The van der Waals surface area contributed by atoms with Crippen LogP contribution in [0.2, 0.25) is 0 Å². The zero-order valence-corrected chi connectivity index (χ0v) is 14.0. The van der Waals surface area contributed by atoms with Crippen LogP contribution < -0.4 is 5.32 Å². The van der Waals surface area contributed by atoms with E-state index in [4.69, 9.17) is 0 Å². The second-order valence-corrected chi connectivity index (χ2v) is 7.29. The van der Waals surface area contributed by atoms with Gasteiger partial charge >= 0.3 is 0 Å². The number of nitrogens with one attached hydrogen (secondary N) is 1. The van der Waals surface area contributed by atoms with E-state index in [1.165, 1.54) is 22.4 Å². The molecule has 1 fully saturated rings. The van der Waals surface area contributed by atoms with E-state index in [9.17, 15) is 4.79 Å². The largest absolute Gasteiger partial charge is 0.349 e. The molecule has 3 rings (SSSR count). The monoisotopic (exact) mass is 314 g/mol. The highest BCUT2D eigenvalue weighted by atomic mass is 32.1. The molecule has 1 aromatic heterocycles. The third-order valence-corrected chi connectivity index (χ3v) is 5.47. The molecule has 2 aromatic rings. The van der Waals surface area contributed by atoms with Gasteiger partial charge in [0, 0.05) is 17.2 Å². The standard InChI is InChI=1S/C18H22N2OS/c1-12-6-8-14(9-7-12)10-16-13(2)20-17(22-16)11-19-18(21)15-4-3-5-15/h6-9,15H,3-5,10-11H2,1-2H3,(H,19,21). The highest BCUT2D eigenvalue weighted by molar-refractivity contribution is 7.11. The van der Waals surface area contributed by atoms with Gasteiger partial charge in [0.25, 0.3) is 0 Å². The average molecular weight is 314 g/mol. The van der Waals surface area contributed by atoms with Crippen LogP contribution in [0.4, 0.5) is 0 Å². The minimum absolute atomic E-state index is 0.194. The molecule has 22 heavy (non-hydrogen) atoms. The maximum atomic E-state index is 11.9. The van der Waals surface area contributed by atoms with Gasteiger partial charge in [-0.05, 0) is 32.3 Å². The smallest absolute Gasteiger partial charge is 0.223 e. The van der Waals surface area contributed by atoms with Crippen molar-refractivity contribution >= 4 is 17.2 Å². The predicted octanol–water partition coefficient (Wildman–Crippen LogP) is 3.77. The summed E-state index contributed by atoms with van der Waals surface area (Å²) in [5, 5.41) is 4.03. The SMILES string of the molecule is Cc1ccc(Cc2sc(CNC(=O)C3CCC3)nc2C)cc1. The summed E-state index contributed by atoms with van der Waals surface area (Å²) in [4.78, 5) is 17.8. The summed E-state index contributed by atoms with van der Waals surface area (Å²) < 4.78 is 0. The lowest BCUT2D eigenvalue weighted by molar-refractivity contribution is -0.127. The zero-order valence-electron chi connectivity index (χ0n) is 13.2. The Labute approximate surface area is 135 Å². The number of hydrogen-bond donors (Lipinski definition) is 1. The molecular weight excluding hydrogens is 292 g/mol. The van der Waals surface area contributed by atoms with Crippen LogP contribution in [0.25, 0.3) is 0 Å². The van der Waals surface area contributed by atoms with Crippen molar-refractivity contribution in [1.29, 1.82) is 0 Å². The molecule has 0 aliphatic heterocycles. The van der Waals surface area contributed by atoms with Crippen molar-refractivity contribution in [1.82, 2.24) is 10.3 Å². The molecule has 0 unspecified atom stereocenters. The Kier molecular flexibility index (Phi) is 4.57. The maximum Gasteiger partial charge on any atom is 0.223 e. The molecule has 0 spiro atoms. The van der Waals surface area contributed by atoms with Gasteiger partial charge in [0.05, 0.1) is 12.2 Å². The van der Waals surface area contributed by atoms with E-state index in [1.807, 2.05) is 0 Å². The van der Waals surface area contributed by atoms with E-state index in [2.05, 4.69) is 48.4 Å². The Bertz CT molecular complexity index is 656. The van der Waals surface area contributed by atoms with Crippen LogP contribution in [-0.4, -0.2) is 10.9 Å². The normalized spacial score (nSPS) is 14.6. The van der Waals surface area contributed by atoms with Gasteiger partial charge in [-0.1, -0.05) is 36.2 Å². The maximum absolute atomic E-state index is 11.9. The number of aryl methyl sites for hydroxylation is 2. The zero-order chi connectivity index (χ0) is 15.5. The molecule has 1 heterocycles. The van der Waals surface area contributed by atoms with Crippen LogP contribution in [0, 0.1) is 19.8 Å². The number of rotatable bonds is 5. The molecule has 3 nitrogen and oxygen atoms in total. The summed E-state index contributed by atoms with van der Waals surface area (Å²) in [5.41, 5.74) is 3.67. The van der Waals surface area contributed by atoms with Gasteiger partial charge in [0.2, 0.25) is 5.91 Å². The van der Waals surface area contributed by atoms with Crippen LogP contribution in [0.3, 0.4) is 0 Å². The molecule has 4 heteroatoms. The van der Waals surface area contributed by atoms with Crippen molar-refractivity contribution in [2.45, 2.75) is 46.1 Å². The number of aromatic nitrogens is 1. The molecule has 0 atom stereocenters. The molecular formula is C18H22N2OS. The second-order valence-electron chi connectivity index (χ2n) is 6.12. The highest BCUT2D eigenvalue weighted by Crippen LogP contribution is 2.27. The number of hydrogen-bond acceptors (Lipinski definition) is 3. The molecule has 1 saturated carbocycles. The van der Waals surface area contributed by atoms with E-state index in [-0.39, 0.29) is 11.8 Å². The Morgan fingerprint density at radius 3 is 2.64 bits per heavy atom. The minimum atomic E-state index is 0.194. The first-order valence-electron chi connectivity index (χ1n) is 7.90. The van der Waals surface area contributed by atoms with Crippen molar-refractivity contribution in [3.63, 3.8) is 0 Å². The van der Waals surface area contributed by atoms with Crippen LogP contribution >= 0.6 is 11.3 Å². The lowest BCUT2D eigenvalue weighted by Crippen LogP contribution is -2.33. The minimum Gasteiger partial charge on any atom is -0.349 e. The van der Waals surface area contributed by atoms with Crippen LogP contribution in [0.15, 0.2) is 24.3 Å². The third-order valence-electron chi connectivity index (χ3n) is 4.31. The molecule has 1 aliphatic rings. The van der Waals surface area contributed by atoms with Gasteiger partial charge in [0.15, 0.2) is 0 Å². The molecule has 0 saturated heterocycles. The molecule has 0 bridgehead atoms. The second kappa shape index (κ2) is 6.61. The molecule has 116 valence electrons. The molecule has 1 aromatic carbocycles. The lowest BCUT2D eigenvalue weighted by atomic mass is 9.85. The van der Waals surface area contributed by atoms with Crippen molar-refractivity contribution in [2.75, 3.05) is 0 Å². The van der Waals surface area contributed by atoms with E-state index >= 15 is 0 Å². The van der Waals surface area contributed by atoms with Crippen molar-refractivity contribution in [3.05, 3.63) is 51.0 Å². The fraction of sp³-hybridized carbons (Fsp3) is 0.444. The van der Waals surface area contributed by atoms with Gasteiger partial charge in [0.1, 0.15) is 5.01 Å². The Morgan fingerprint density at radius 2 is 2.00 bits per heavy atom. The first-order valence-corrected chi connectivity index (χ1v) is 8.72. The molecule has 1 N–H and O–H groups in total. The molecule has 1 aliphatic carbocycles. The number of carbonyl (C=O) groups excluding carboxylic acids is 1. The highest BCUT2D eigenvalue weighted by Gasteiger charge is 2.25. The number of thiazole rings is 1. The average Bonchev–Trinajstić information content (AvgIpc) is 2.78. The summed E-state index contributed by atoms with van der Waals surface area (Å²) in [6, 6.07) is 8.63. The van der Waals surface area contributed by atoms with Crippen LogP contribution in [0.5, 0.6) is 0 Å². The van der Waals surface area contributed by atoms with Gasteiger partial charge in [-0.25, -0.2) is 4.98 Å². The Hall–Kier alpha value is -1.68. The van der Waals surface area contributed by atoms with E-state index in [1.54, 1.807) is 11.3 Å². The van der Waals surface area contributed by atoms with E-state index in [0.717, 1.165) is 30.0 Å². The fourth-order valence-corrected chi connectivity index (χ4v) is 3.64. The first kappa shape index (κ1) is 15.2. The summed E-state index contributed by atoms with van der Waals surface area (Å²) >= 11 is 1.71. The third kappa shape index (κ3) is 3.55. The molecule has 0 radical (unpaired) electrons. The topological polar surface area (TPSA) is 42.0 Å². The number of nitrogens with zero attached hydrogens (tertiary/aromatic N) is 1. The van der Waals surface area contributed by atoms with E-state index < -0.39 is 0 Å². The Morgan fingerprint density at radius 1 is 1.27 bits per heavy atom. The lowest BCUT2D eigenvalue weighted by Gasteiger charge is -2.23. The van der Waals surface area contributed by atoms with Gasteiger partial charge in [-0.2, -0.15) is 0 Å². The Balaban J connectivity index is 1.60. The number of carbonyl (C=O) groups is 1. The quantitative estimate of drug-likeness (QED) is 0.913. The first-order chi connectivity index (χ1) is 10.6. The predicted molar refractivity (Wildman–Crippen MR) is 90.0 cm³/mol. The van der Waals surface area contributed by atoms with Crippen molar-refractivity contribution in [2.24, 2.45) is 5.92 Å². The van der Waals surface area contributed by atoms with E-state index in [0.29, 0.717) is 6.54 Å². The van der Waals surface area contributed by atoms with Crippen LogP contribution in [-0.2, 0) is 17.8 Å². The number of benzene rings is 1. The fourth-order valence-electron chi connectivity index (χ4n) is 2.60. The van der Waals surface area contributed by atoms with Gasteiger partial charge in [-0.3, -0.25) is 4.79 Å². The summed E-state index contributed by atoms with van der Waals surface area (Å²) in [7, 11) is 0. The summed E-state index contributed by atoms with van der Waals surface area (Å²) in [6.45, 7) is 4.72. The number of amides is 1.